The normalized spacial score (nSPS) is 17.6. The number of carboxylic acid groups (broad SMARTS) is 1. The SMILES string of the molecule is COc1ccc(C(=O)N2CCCC2CC(=O)O)cc1OC. The van der Waals surface area contributed by atoms with Gasteiger partial charge >= 0.3 is 5.97 Å². The summed E-state index contributed by atoms with van der Waals surface area (Å²) in [5.74, 6) is -0.0124. The fourth-order valence-corrected chi connectivity index (χ4v) is 2.65. The van der Waals surface area contributed by atoms with Crippen molar-refractivity contribution in [3.05, 3.63) is 23.8 Å². The van der Waals surface area contributed by atoms with E-state index in [2.05, 4.69) is 0 Å². The molecule has 1 unspecified atom stereocenters. The molecule has 1 aliphatic rings. The van der Waals surface area contributed by atoms with Crippen molar-refractivity contribution in [1.29, 1.82) is 0 Å². The van der Waals surface area contributed by atoms with Gasteiger partial charge in [-0.2, -0.15) is 0 Å². The second-order valence-corrected chi connectivity index (χ2v) is 4.96. The van der Waals surface area contributed by atoms with Crippen LogP contribution in [0.1, 0.15) is 29.6 Å². The third kappa shape index (κ3) is 3.26. The van der Waals surface area contributed by atoms with E-state index in [1.165, 1.54) is 14.2 Å². The summed E-state index contributed by atoms with van der Waals surface area (Å²) in [4.78, 5) is 25.0. The minimum Gasteiger partial charge on any atom is -0.493 e. The maximum atomic E-state index is 12.5. The topological polar surface area (TPSA) is 76.1 Å². The van der Waals surface area contributed by atoms with Gasteiger partial charge in [-0.25, -0.2) is 0 Å². The van der Waals surface area contributed by atoms with Crippen LogP contribution in [0, 0.1) is 0 Å². The van der Waals surface area contributed by atoms with Crippen LogP contribution in [0.25, 0.3) is 0 Å². The fraction of sp³-hybridized carbons (Fsp3) is 0.467. The first-order valence-electron chi connectivity index (χ1n) is 6.81. The molecule has 1 amide bonds. The van der Waals surface area contributed by atoms with Crippen LogP contribution in [0.2, 0.25) is 0 Å². The molecule has 0 spiro atoms. The average molecular weight is 293 g/mol. The molecule has 0 bridgehead atoms. The summed E-state index contributed by atoms with van der Waals surface area (Å²) in [5, 5.41) is 8.92. The van der Waals surface area contributed by atoms with Gasteiger partial charge in [-0.3, -0.25) is 9.59 Å². The summed E-state index contributed by atoms with van der Waals surface area (Å²) in [5.41, 5.74) is 0.477. The molecule has 0 radical (unpaired) electrons. The number of rotatable bonds is 5. The van der Waals surface area contributed by atoms with Crippen molar-refractivity contribution in [1.82, 2.24) is 4.90 Å². The Morgan fingerprint density at radius 3 is 2.62 bits per heavy atom. The van der Waals surface area contributed by atoms with E-state index in [-0.39, 0.29) is 18.4 Å². The molecule has 6 nitrogen and oxygen atoms in total. The summed E-state index contributed by atoms with van der Waals surface area (Å²) in [6.07, 6.45) is 1.54. The van der Waals surface area contributed by atoms with Gasteiger partial charge in [-0.1, -0.05) is 0 Å². The van der Waals surface area contributed by atoms with Gasteiger partial charge in [0.1, 0.15) is 0 Å². The van der Waals surface area contributed by atoms with Gasteiger partial charge in [0.15, 0.2) is 11.5 Å². The van der Waals surface area contributed by atoms with E-state index in [1.807, 2.05) is 0 Å². The Kier molecular flexibility index (Phi) is 4.67. The molecule has 1 aromatic rings. The lowest BCUT2D eigenvalue weighted by molar-refractivity contribution is -0.137. The number of benzene rings is 1. The number of ether oxygens (including phenoxy) is 2. The number of likely N-dealkylation sites (tertiary alicyclic amines) is 1. The standard InChI is InChI=1S/C15H19NO5/c1-20-12-6-5-10(8-13(12)21-2)15(19)16-7-3-4-11(16)9-14(17)18/h5-6,8,11H,3-4,7,9H2,1-2H3,(H,17,18). The van der Waals surface area contributed by atoms with Crippen molar-refractivity contribution in [3.8, 4) is 11.5 Å². The summed E-state index contributed by atoms with van der Waals surface area (Å²) in [7, 11) is 3.04. The van der Waals surface area contributed by atoms with E-state index in [1.54, 1.807) is 23.1 Å². The Morgan fingerprint density at radius 2 is 2.00 bits per heavy atom. The van der Waals surface area contributed by atoms with Crippen molar-refractivity contribution < 1.29 is 24.2 Å². The molecule has 0 aromatic heterocycles. The molecule has 1 atom stereocenters. The van der Waals surface area contributed by atoms with Gasteiger partial charge in [-0.05, 0) is 31.0 Å². The van der Waals surface area contributed by atoms with Crippen LogP contribution in [0.3, 0.4) is 0 Å². The molecular weight excluding hydrogens is 274 g/mol. The number of carboxylic acids is 1. The van der Waals surface area contributed by atoms with Crippen LogP contribution in [0.15, 0.2) is 18.2 Å². The molecular formula is C15H19NO5. The second-order valence-electron chi connectivity index (χ2n) is 4.96. The first kappa shape index (κ1) is 15.2. The van der Waals surface area contributed by atoms with Crippen molar-refractivity contribution in [2.45, 2.75) is 25.3 Å². The number of aliphatic carboxylic acids is 1. The highest BCUT2D eigenvalue weighted by Gasteiger charge is 2.31. The van der Waals surface area contributed by atoms with Crippen LogP contribution in [-0.2, 0) is 4.79 Å². The molecule has 0 aliphatic carbocycles. The highest BCUT2D eigenvalue weighted by Crippen LogP contribution is 2.29. The van der Waals surface area contributed by atoms with Crippen molar-refractivity contribution in [3.63, 3.8) is 0 Å². The molecule has 2 rings (SSSR count). The maximum Gasteiger partial charge on any atom is 0.305 e. The number of methoxy groups -OCH3 is 2. The zero-order chi connectivity index (χ0) is 15.4. The lowest BCUT2D eigenvalue weighted by Crippen LogP contribution is -2.36. The first-order chi connectivity index (χ1) is 10.1. The molecule has 1 aliphatic heterocycles. The van der Waals surface area contributed by atoms with Crippen LogP contribution in [-0.4, -0.2) is 48.7 Å². The molecule has 1 fully saturated rings. The molecule has 6 heteroatoms. The number of nitrogens with zero attached hydrogens (tertiary/aromatic N) is 1. The molecule has 1 N–H and O–H groups in total. The van der Waals surface area contributed by atoms with Crippen molar-refractivity contribution in [2.75, 3.05) is 20.8 Å². The zero-order valence-corrected chi connectivity index (χ0v) is 12.2. The predicted molar refractivity (Wildman–Crippen MR) is 75.9 cm³/mol. The number of hydrogen-bond acceptors (Lipinski definition) is 4. The fourth-order valence-electron chi connectivity index (χ4n) is 2.65. The largest absolute Gasteiger partial charge is 0.493 e. The van der Waals surface area contributed by atoms with Crippen LogP contribution in [0.4, 0.5) is 0 Å². The molecule has 1 saturated heterocycles. The second kappa shape index (κ2) is 6.47. The quantitative estimate of drug-likeness (QED) is 0.895. The smallest absolute Gasteiger partial charge is 0.305 e. The van der Waals surface area contributed by atoms with E-state index < -0.39 is 5.97 Å². The predicted octanol–water partition coefficient (Wildman–Crippen LogP) is 1.78. The highest BCUT2D eigenvalue weighted by atomic mass is 16.5. The Bertz CT molecular complexity index is 543. The Morgan fingerprint density at radius 1 is 1.29 bits per heavy atom. The number of amides is 1. The summed E-state index contributed by atoms with van der Waals surface area (Å²) in [6, 6.07) is 4.73. The minimum absolute atomic E-state index is 0.0149. The zero-order valence-electron chi connectivity index (χ0n) is 12.2. The van der Waals surface area contributed by atoms with Gasteiger partial charge in [0.05, 0.1) is 20.6 Å². The third-order valence-electron chi connectivity index (χ3n) is 3.68. The number of carbonyl (C=O) groups is 2. The Hall–Kier alpha value is -2.24. The minimum atomic E-state index is -0.882. The monoisotopic (exact) mass is 293 g/mol. The summed E-state index contributed by atoms with van der Waals surface area (Å²) < 4.78 is 10.3. The van der Waals surface area contributed by atoms with Gasteiger partial charge in [0, 0.05) is 18.2 Å². The van der Waals surface area contributed by atoms with Gasteiger partial charge in [-0.15, -0.1) is 0 Å². The van der Waals surface area contributed by atoms with Gasteiger partial charge in [0.2, 0.25) is 0 Å². The number of carbonyl (C=O) groups excluding carboxylic acids is 1. The molecule has 1 aromatic carbocycles. The molecule has 1 heterocycles. The van der Waals surface area contributed by atoms with E-state index >= 15 is 0 Å². The highest BCUT2D eigenvalue weighted by molar-refractivity contribution is 5.95. The molecule has 0 saturated carbocycles. The summed E-state index contributed by atoms with van der Waals surface area (Å²) >= 11 is 0. The maximum absolute atomic E-state index is 12.5. The summed E-state index contributed by atoms with van der Waals surface area (Å²) in [6.45, 7) is 0.588. The Balaban J connectivity index is 2.21. The van der Waals surface area contributed by atoms with Crippen molar-refractivity contribution >= 4 is 11.9 Å². The van der Waals surface area contributed by atoms with Crippen LogP contribution < -0.4 is 9.47 Å². The lowest BCUT2D eigenvalue weighted by Gasteiger charge is -2.24. The molecule has 114 valence electrons. The Labute approximate surface area is 123 Å². The first-order valence-corrected chi connectivity index (χ1v) is 6.81. The van der Waals surface area contributed by atoms with Crippen molar-refractivity contribution in [2.24, 2.45) is 0 Å². The van der Waals surface area contributed by atoms with Gasteiger partial charge < -0.3 is 19.5 Å². The number of hydrogen-bond donors (Lipinski definition) is 1. The van der Waals surface area contributed by atoms with E-state index in [4.69, 9.17) is 14.6 Å². The van der Waals surface area contributed by atoms with E-state index in [0.717, 1.165) is 12.8 Å². The van der Waals surface area contributed by atoms with E-state index in [9.17, 15) is 9.59 Å². The lowest BCUT2D eigenvalue weighted by atomic mass is 10.1. The van der Waals surface area contributed by atoms with Crippen LogP contribution in [0.5, 0.6) is 11.5 Å². The average Bonchev–Trinajstić information content (AvgIpc) is 2.92. The van der Waals surface area contributed by atoms with Gasteiger partial charge in [0.25, 0.3) is 5.91 Å². The van der Waals surface area contributed by atoms with E-state index in [0.29, 0.717) is 23.6 Å². The third-order valence-corrected chi connectivity index (χ3v) is 3.68. The molecule has 21 heavy (non-hydrogen) atoms. The van der Waals surface area contributed by atoms with Crippen LogP contribution >= 0.6 is 0 Å².